The van der Waals surface area contributed by atoms with Crippen LogP contribution in [0, 0.1) is 11.3 Å². The third kappa shape index (κ3) is 2.16. The number of nitrogens with one attached hydrogen (secondary N) is 1. The number of nitriles is 1. The first-order valence-corrected chi connectivity index (χ1v) is 6.34. The molecule has 6 nitrogen and oxygen atoms in total. The second-order valence-corrected chi connectivity index (χ2v) is 4.05. The Morgan fingerprint density at radius 1 is 1.72 bits per heavy atom. The maximum absolute atomic E-state index is 9.22. The second-order valence-electron chi connectivity index (χ2n) is 3.26. The SMILES string of the molecule is C=CCONc1c(C#N)c(SC)nc2ccnn12. The van der Waals surface area contributed by atoms with Gasteiger partial charge in [0.25, 0.3) is 0 Å². The fraction of sp³-hybridized carbons (Fsp3) is 0.182. The van der Waals surface area contributed by atoms with E-state index in [2.05, 4.69) is 28.2 Å². The molecule has 0 radical (unpaired) electrons. The molecular weight excluding hydrogens is 250 g/mol. The molecule has 0 aromatic carbocycles. The fourth-order valence-corrected chi connectivity index (χ4v) is 1.96. The molecule has 2 heterocycles. The molecule has 0 saturated heterocycles. The van der Waals surface area contributed by atoms with Crippen LogP contribution in [-0.2, 0) is 4.84 Å². The monoisotopic (exact) mass is 261 g/mol. The van der Waals surface area contributed by atoms with Gasteiger partial charge in [-0.05, 0) is 6.26 Å². The first-order valence-electron chi connectivity index (χ1n) is 5.12. The number of rotatable bonds is 5. The number of hydrogen-bond acceptors (Lipinski definition) is 6. The standard InChI is InChI=1S/C11H11N5OS/c1-3-6-17-15-10-8(7-12)11(18-2)14-9-4-5-13-16(9)10/h3-5,15H,1,6H2,2H3. The molecule has 0 fully saturated rings. The highest BCUT2D eigenvalue weighted by Gasteiger charge is 2.15. The quantitative estimate of drug-likeness (QED) is 0.291. The van der Waals surface area contributed by atoms with Crippen LogP contribution in [0.5, 0.6) is 0 Å². The molecule has 0 saturated carbocycles. The topological polar surface area (TPSA) is 75.2 Å². The molecular formula is C11H11N5OS. The Balaban J connectivity index is 2.54. The normalized spacial score (nSPS) is 10.2. The van der Waals surface area contributed by atoms with Gasteiger partial charge in [-0.25, -0.2) is 10.5 Å². The van der Waals surface area contributed by atoms with Crippen molar-refractivity contribution < 1.29 is 4.84 Å². The van der Waals surface area contributed by atoms with Gasteiger partial charge in [0, 0.05) is 6.07 Å². The third-order valence-electron chi connectivity index (χ3n) is 2.18. The van der Waals surface area contributed by atoms with Crippen LogP contribution >= 0.6 is 11.8 Å². The largest absolute Gasteiger partial charge is 0.271 e. The first kappa shape index (κ1) is 12.4. The minimum Gasteiger partial charge on any atom is -0.271 e. The summed E-state index contributed by atoms with van der Waals surface area (Å²) in [7, 11) is 0. The molecule has 92 valence electrons. The van der Waals surface area contributed by atoms with Crippen LogP contribution in [0.1, 0.15) is 5.56 Å². The fourth-order valence-electron chi connectivity index (χ4n) is 1.43. The van der Waals surface area contributed by atoms with Gasteiger partial charge in [-0.15, -0.1) is 18.3 Å². The van der Waals surface area contributed by atoms with Gasteiger partial charge in [0.15, 0.2) is 11.5 Å². The van der Waals surface area contributed by atoms with E-state index < -0.39 is 0 Å². The summed E-state index contributed by atoms with van der Waals surface area (Å²) in [6.07, 6.45) is 5.09. The van der Waals surface area contributed by atoms with Crippen LogP contribution in [-0.4, -0.2) is 27.5 Å². The molecule has 0 unspecified atom stereocenters. The maximum Gasteiger partial charge on any atom is 0.174 e. The van der Waals surface area contributed by atoms with E-state index in [0.717, 1.165) is 0 Å². The predicted molar refractivity (Wildman–Crippen MR) is 69.3 cm³/mol. The molecule has 0 aliphatic rings. The van der Waals surface area contributed by atoms with Crippen molar-refractivity contribution in [2.75, 3.05) is 18.3 Å². The van der Waals surface area contributed by atoms with Crippen molar-refractivity contribution in [3.8, 4) is 6.07 Å². The minimum absolute atomic E-state index is 0.324. The average Bonchev–Trinajstić information content (AvgIpc) is 2.86. The van der Waals surface area contributed by atoms with E-state index in [1.165, 1.54) is 16.3 Å². The van der Waals surface area contributed by atoms with Gasteiger partial charge in [0.1, 0.15) is 16.7 Å². The van der Waals surface area contributed by atoms with E-state index in [1.807, 2.05) is 6.26 Å². The molecule has 0 spiro atoms. The summed E-state index contributed by atoms with van der Waals surface area (Å²) in [6, 6.07) is 3.87. The molecule has 0 atom stereocenters. The smallest absolute Gasteiger partial charge is 0.174 e. The Morgan fingerprint density at radius 3 is 3.22 bits per heavy atom. The highest BCUT2D eigenvalue weighted by Crippen LogP contribution is 2.25. The summed E-state index contributed by atoms with van der Waals surface area (Å²) < 4.78 is 1.53. The molecule has 2 aromatic rings. The lowest BCUT2D eigenvalue weighted by Gasteiger charge is -2.11. The summed E-state index contributed by atoms with van der Waals surface area (Å²) in [4.78, 5) is 9.51. The van der Waals surface area contributed by atoms with Crippen molar-refractivity contribution in [1.29, 1.82) is 5.26 Å². The number of anilines is 1. The second kappa shape index (κ2) is 5.53. The van der Waals surface area contributed by atoms with Crippen LogP contribution in [0.2, 0.25) is 0 Å². The lowest BCUT2D eigenvalue weighted by atomic mass is 10.3. The van der Waals surface area contributed by atoms with Gasteiger partial charge in [-0.2, -0.15) is 14.9 Å². The molecule has 18 heavy (non-hydrogen) atoms. The molecule has 0 amide bonds. The summed E-state index contributed by atoms with van der Waals surface area (Å²) in [5, 5.41) is 14.0. The van der Waals surface area contributed by atoms with E-state index in [-0.39, 0.29) is 0 Å². The Labute approximate surface area is 108 Å². The Hall–Kier alpha value is -2.04. The number of thioether (sulfide) groups is 1. The van der Waals surface area contributed by atoms with Gasteiger partial charge in [0.05, 0.1) is 12.8 Å². The Bertz CT molecular complexity index is 616. The first-order chi connectivity index (χ1) is 8.81. The highest BCUT2D eigenvalue weighted by atomic mass is 32.2. The lowest BCUT2D eigenvalue weighted by Crippen LogP contribution is -2.10. The molecule has 0 bridgehead atoms. The van der Waals surface area contributed by atoms with E-state index >= 15 is 0 Å². The average molecular weight is 261 g/mol. The molecule has 7 heteroatoms. The van der Waals surface area contributed by atoms with E-state index in [9.17, 15) is 5.26 Å². The number of nitrogens with zero attached hydrogens (tertiary/aromatic N) is 4. The van der Waals surface area contributed by atoms with Crippen molar-refractivity contribution in [1.82, 2.24) is 14.6 Å². The van der Waals surface area contributed by atoms with E-state index in [1.54, 1.807) is 18.3 Å². The zero-order valence-corrected chi connectivity index (χ0v) is 10.6. The van der Waals surface area contributed by atoms with Crippen molar-refractivity contribution in [2.24, 2.45) is 0 Å². The number of hydrogen-bond donors (Lipinski definition) is 1. The molecule has 2 rings (SSSR count). The van der Waals surface area contributed by atoms with E-state index in [4.69, 9.17) is 4.84 Å². The summed E-state index contributed by atoms with van der Waals surface area (Å²) in [5.74, 6) is 0.471. The molecule has 0 aliphatic carbocycles. The zero-order chi connectivity index (χ0) is 13.0. The van der Waals surface area contributed by atoms with Gasteiger partial charge in [-0.3, -0.25) is 4.84 Å². The van der Waals surface area contributed by atoms with Crippen LogP contribution in [0.25, 0.3) is 5.65 Å². The molecule has 2 aromatic heterocycles. The summed E-state index contributed by atoms with van der Waals surface area (Å²) >= 11 is 1.40. The van der Waals surface area contributed by atoms with Crippen molar-refractivity contribution >= 4 is 23.2 Å². The van der Waals surface area contributed by atoms with Gasteiger partial charge in [-0.1, -0.05) is 6.08 Å². The van der Waals surface area contributed by atoms with Crippen LogP contribution < -0.4 is 5.48 Å². The van der Waals surface area contributed by atoms with Crippen molar-refractivity contribution in [3.05, 3.63) is 30.5 Å². The minimum atomic E-state index is 0.324. The highest BCUT2D eigenvalue weighted by molar-refractivity contribution is 7.98. The van der Waals surface area contributed by atoms with Crippen molar-refractivity contribution in [2.45, 2.75) is 5.03 Å². The number of fused-ring (bicyclic) bond motifs is 1. The number of aromatic nitrogens is 3. The third-order valence-corrected chi connectivity index (χ3v) is 2.86. The maximum atomic E-state index is 9.22. The Kier molecular flexibility index (Phi) is 3.82. The Morgan fingerprint density at radius 2 is 2.56 bits per heavy atom. The molecule has 1 N–H and O–H groups in total. The summed E-state index contributed by atoms with van der Waals surface area (Å²) in [6.45, 7) is 3.88. The van der Waals surface area contributed by atoms with Gasteiger partial charge < -0.3 is 0 Å². The van der Waals surface area contributed by atoms with Crippen molar-refractivity contribution in [3.63, 3.8) is 0 Å². The summed E-state index contributed by atoms with van der Waals surface area (Å²) in [5.41, 5.74) is 3.78. The van der Waals surface area contributed by atoms with Gasteiger partial charge >= 0.3 is 0 Å². The van der Waals surface area contributed by atoms with Crippen LogP contribution in [0.3, 0.4) is 0 Å². The predicted octanol–water partition coefficient (Wildman–Crippen LogP) is 1.85. The zero-order valence-electron chi connectivity index (χ0n) is 9.75. The molecule has 0 aliphatic heterocycles. The van der Waals surface area contributed by atoms with Crippen LogP contribution in [0.4, 0.5) is 5.82 Å². The van der Waals surface area contributed by atoms with Crippen LogP contribution in [0.15, 0.2) is 29.9 Å². The van der Waals surface area contributed by atoms with Gasteiger partial charge in [0.2, 0.25) is 0 Å². The lowest BCUT2D eigenvalue weighted by molar-refractivity contribution is 0.225. The van der Waals surface area contributed by atoms with E-state index in [0.29, 0.717) is 28.7 Å².